The lowest BCUT2D eigenvalue weighted by atomic mass is 10.5. The van der Waals surface area contributed by atoms with Crippen molar-refractivity contribution >= 4 is 0 Å². The molecule has 3 nitrogen and oxygen atoms in total. The molecule has 1 atom stereocenters. The van der Waals surface area contributed by atoms with Crippen LogP contribution in [0.5, 0.6) is 0 Å². The van der Waals surface area contributed by atoms with E-state index in [4.69, 9.17) is 0 Å². The van der Waals surface area contributed by atoms with Crippen molar-refractivity contribution in [2.24, 2.45) is 0 Å². The third-order valence-electron chi connectivity index (χ3n) is 1.85. The first-order chi connectivity index (χ1) is 4.13. The average Bonchev–Trinajstić information content (AvgIpc) is 1.98. The number of hydrogen-bond acceptors (Lipinski definition) is 3. The van der Waals surface area contributed by atoms with Crippen molar-refractivity contribution < 1.29 is 0 Å². The molecule has 9 heavy (non-hydrogen) atoms. The Hall–Kier alpha value is -0.700. The normalized spacial score (nSPS) is 29.0. The third-order valence-corrected chi connectivity index (χ3v) is 1.85. The lowest BCUT2D eigenvalue weighted by molar-refractivity contribution is 0.186. The van der Waals surface area contributed by atoms with Crippen LogP contribution in [0.4, 0.5) is 0 Å². The second kappa shape index (κ2) is 1.92. The molecular formula is C6H13N3. The van der Waals surface area contributed by atoms with E-state index in [9.17, 15) is 0 Å². The van der Waals surface area contributed by atoms with E-state index in [2.05, 4.69) is 23.8 Å². The zero-order valence-electron chi connectivity index (χ0n) is 6.18. The van der Waals surface area contributed by atoms with Crippen LogP contribution in [-0.2, 0) is 0 Å². The van der Waals surface area contributed by atoms with Gasteiger partial charge in [-0.05, 0) is 6.92 Å². The van der Waals surface area contributed by atoms with Crippen LogP contribution in [-0.4, -0.2) is 30.2 Å². The number of hydrogen-bond donors (Lipinski definition) is 1. The molecule has 1 N–H and O–H groups in total. The summed E-state index contributed by atoms with van der Waals surface area (Å²) in [6.45, 7) is 5.93. The van der Waals surface area contributed by atoms with Gasteiger partial charge in [-0.15, -0.1) is 0 Å². The van der Waals surface area contributed by atoms with Gasteiger partial charge in [0.1, 0.15) is 5.82 Å². The highest BCUT2D eigenvalue weighted by Gasteiger charge is 2.22. The van der Waals surface area contributed by atoms with Crippen molar-refractivity contribution in [2.75, 3.05) is 14.1 Å². The van der Waals surface area contributed by atoms with E-state index >= 15 is 0 Å². The number of nitrogens with zero attached hydrogens (tertiary/aromatic N) is 2. The number of nitrogens with one attached hydrogen (secondary N) is 1. The first-order valence-electron chi connectivity index (χ1n) is 3.04. The highest BCUT2D eigenvalue weighted by Crippen LogP contribution is 2.11. The van der Waals surface area contributed by atoms with Crippen molar-refractivity contribution in [3.05, 3.63) is 12.4 Å². The Balaban J connectivity index is 2.65. The zero-order chi connectivity index (χ0) is 7.02. The van der Waals surface area contributed by atoms with Gasteiger partial charge in [-0.1, -0.05) is 6.58 Å². The average molecular weight is 127 g/mol. The Kier molecular flexibility index (Phi) is 1.37. The minimum absolute atomic E-state index is 0.414. The first-order valence-corrected chi connectivity index (χ1v) is 3.04. The largest absolute Gasteiger partial charge is 0.344 e. The Bertz CT molecular complexity index is 132. The van der Waals surface area contributed by atoms with Crippen molar-refractivity contribution in [3.63, 3.8) is 0 Å². The van der Waals surface area contributed by atoms with Gasteiger partial charge in [0.15, 0.2) is 0 Å². The summed E-state index contributed by atoms with van der Waals surface area (Å²) in [6.07, 6.45) is 0.414. The van der Waals surface area contributed by atoms with E-state index in [1.54, 1.807) is 0 Å². The van der Waals surface area contributed by atoms with Gasteiger partial charge in [0.05, 0.1) is 6.17 Å². The molecule has 1 heterocycles. The second-order valence-electron chi connectivity index (χ2n) is 2.41. The van der Waals surface area contributed by atoms with Crippen molar-refractivity contribution in [1.29, 1.82) is 0 Å². The first kappa shape index (κ1) is 6.42. The molecular weight excluding hydrogens is 114 g/mol. The van der Waals surface area contributed by atoms with Gasteiger partial charge in [-0.25, -0.2) is 5.01 Å². The molecule has 1 saturated heterocycles. The fourth-order valence-electron chi connectivity index (χ4n) is 0.861. The van der Waals surface area contributed by atoms with Gasteiger partial charge in [0.2, 0.25) is 0 Å². The highest BCUT2D eigenvalue weighted by atomic mass is 15.7. The summed E-state index contributed by atoms with van der Waals surface area (Å²) in [5.41, 5.74) is 3.08. The maximum absolute atomic E-state index is 3.81. The Morgan fingerprint density at radius 2 is 2.11 bits per heavy atom. The van der Waals surface area contributed by atoms with Crippen LogP contribution in [0, 0.1) is 0 Å². The summed E-state index contributed by atoms with van der Waals surface area (Å²) in [5.74, 6) is 0.963. The molecule has 0 saturated carbocycles. The van der Waals surface area contributed by atoms with Gasteiger partial charge < -0.3 is 10.3 Å². The molecule has 0 aromatic rings. The molecule has 1 unspecified atom stereocenters. The lowest BCUT2D eigenvalue weighted by Crippen LogP contribution is -2.33. The topological polar surface area (TPSA) is 18.5 Å². The fraction of sp³-hybridized carbons (Fsp3) is 0.667. The SMILES string of the molecule is C=C1NN(C)C(C)N1C. The predicted octanol–water partition coefficient (Wildman–Crippen LogP) is 0.185. The maximum Gasteiger partial charge on any atom is 0.110 e. The van der Waals surface area contributed by atoms with E-state index in [1.807, 2.05) is 19.1 Å². The van der Waals surface area contributed by atoms with Crippen molar-refractivity contribution in [1.82, 2.24) is 15.3 Å². The predicted molar refractivity (Wildman–Crippen MR) is 37.3 cm³/mol. The molecule has 1 rings (SSSR count). The summed E-state index contributed by atoms with van der Waals surface area (Å²) in [7, 11) is 4.02. The lowest BCUT2D eigenvalue weighted by Gasteiger charge is -2.18. The fourth-order valence-corrected chi connectivity index (χ4v) is 0.861. The maximum atomic E-state index is 3.81. The smallest absolute Gasteiger partial charge is 0.110 e. The molecule has 0 radical (unpaired) electrons. The van der Waals surface area contributed by atoms with Crippen LogP contribution >= 0.6 is 0 Å². The quantitative estimate of drug-likeness (QED) is 0.501. The molecule has 0 aromatic heterocycles. The van der Waals surface area contributed by atoms with Gasteiger partial charge in [0.25, 0.3) is 0 Å². The van der Waals surface area contributed by atoms with Crippen LogP contribution in [0.25, 0.3) is 0 Å². The molecule has 0 bridgehead atoms. The summed E-state index contributed by atoms with van der Waals surface area (Å²) in [4.78, 5) is 2.08. The minimum atomic E-state index is 0.414. The van der Waals surface area contributed by atoms with Gasteiger partial charge in [0, 0.05) is 14.1 Å². The molecule has 1 fully saturated rings. The second-order valence-corrected chi connectivity index (χ2v) is 2.41. The molecule has 1 aliphatic rings. The number of rotatable bonds is 0. The molecule has 0 spiro atoms. The van der Waals surface area contributed by atoms with Crippen LogP contribution in [0.2, 0.25) is 0 Å². The number of hydrazine groups is 1. The van der Waals surface area contributed by atoms with Crippen molar-refractivity contribution in [3.8, 4) is 0 Å². The van der Waals surface area contributed by atoms with Gasteiger partial charge >= 0.3 is 0 Å². The Labute approximate surface area is 55.9 Å². The summed E-state index contributed by atoms with van der Waals surface area (Å²) in [5, 5.41) is 2.02. The van der Waals surface area contributed by atoms with Crippen LogP contribution < -0.4 is 5.43 Å². The minimum Gasteiger partial charge on any atom is -0.344 e. The molecule has 0 aliphatic carbocycles. The highest BCUT2D eigenvalue weighted by molar-refractivity contribution is 4.95. The van der Waals surface area contributed by atoms with E-state index in [0.29, 0.717) is 6.17 Å². The molecule has 3 heteroatoms. The van der Waals surface area contributed by atoms with E-state index in [0.717, 1.165) is 5.82 Å². The Morgan fingerprint density at radius 1 is 1.56 bits per heavy atom. The van der Waals surface area contributed by atoms with Crippen LogP contribution in [0.1, 0.15) is 6.92 Å². The molecule has 1 aliphatic heterocycles. The van der Waals surface area contributed by atoms with E-state index in [-0.39, 0.29) is 0 Å². The van der Waals surface area contributed by atoms with E-state index in [1.165, 1.54) is 0 Å². The summed E-state index contributed by atoms with van der Waals surface area (Å²) in [6, 6.07) is 0. The van der Waals surface area contributed by atoms with Gasteiger partial charge in [-0.2, -0.15) is 0 Å². The summed E-state index contributed by atoms with van der Waals surface area (Å²) < 4.78 is 0. The molecule has 52 valence electrons. The van der Waals surface area contributed by atoms with E-state index < -0.39 is 0 Å². The Morgan fingerprint density at radius 3 is 2.22 bits per heavy atom. The van der Waals surface area contributed by atoms with Crippen LogP contribution in [0.3, 0.4) is 0 Å². The monoisotopic (exact) mass is 127 g/mol. The standard InChI is InChI=1S/C6H13N3/c1-5-7-9(4)6(2)8(5)3/h6-7H,1H2,2-4H3. The van der Waals surface area contributed by atoms with Crippen molar-refractivity contribution in [2.45, 2.75) is 13.1 Å². The molecule has 0 amide bonds. The van der Waals surface area contributed by atoms with Crippen LogP contribution in [0.15, 0.2) is 12.4 Å². The van der Waals surface area contributed by atoms with Gasteiger partial charge in [-0.3, -0.25) is 0 Å². The molecule has 0 aromatic carbocycles. The third kappa shape index (κ3) is 0.876. The summed E-state index contributed by atoms with van der Waals surface area (Å²) >= 11 is 0. The zero-order valence-corrected chi connectivity index (χ0v) is 6.18.